The topological polar surface area (TPSA) is 38.9 Å². The maximum Gasteiger partial charge on any atom is 0.0436 e. The molecule has 0 fully saturated rings. The van der Waals surface area contributed by atoms with Crippen LogP contribution in [0.25, 0.3) is 0 Å². The minimum atomic E-state index is -0.373. The highest BCUT2D eigenvalue weighted by molar-refractivity contribution is 5.26. The number of aromatic nitrogens is 1. The van der Waals surface area contributed by atoms with Gasteiger partial charge in [-0.25, -0.2) is 0 Å². The summed E-state index contributed by atoms with van der Waals surface area (Å²) < 4.78 is 0. The average Bonchev–Trinajstić information content (AvgIpc) is 2.40. The molecule has 1 aromatic carbocycles. The third kappa shape index (κ3) is 2.96. The lowest BCUT2D eigenvalue weighted by Gasteiger charge is -2.25. The van der Waals surface area contributed by atoms with Gasteiger partial charge in [-0.1, -0.05) is 43.3 Å². The van der Waals surface area contributed by atoms with Crippen LogP contribution in [0.15, 0.2) is 48.7 Å². The number of rotatable bonds is 4. The summed E-state index contributed by atoms with van der Waals surface area (Å²) in [6.07, 6.45) is 3.71. The van der Waals surface area contributed by atoms with Crippen molar-refractivity contribution in [3.8, 4) is 0 Å². The van der Waals surface area contributed by atoms with Crippen molar-refractivity contribution in [3.05, 3.63) is 65.5 Å². The van der Waals surface area contributed by atoms with Crippen molar-refractivity contribution in [2.45, 2.75) is 32.2 Å². The van der Waals surface area contributed by atoms with Gasteiger partial charge >= 0.3 is 0 Å². The lowest BCUT2D eigenvalue weighted by molar-refractivity contribution is 0.485. The smallest absolute Gasteiger partial charge is 0.0436 e. The molecule has 0 amide bonds. The molecule has 1 aromatic heterocycles. The number of nitrogens with two attached hydrogens (primary N) is 1. The zero-order chi connectivity index (χ0) is 13.0. The highest BCUT2D eigenvalue weighted by Crippen LogP contribution is 2.21. The zero-order valence-corrected chi connectivity index (χ0v) is 11.1. The second-order valence-electron chi connectivity index (χ2n) is 4.97. The molecule has 0 aliphatic rings. The summed E-state index contributed by atoms with van der Waals surface area (Å²) >= 11 is 0. The number of pyridine rings is 1. The predicted octanol–water partition coefficient (Wildman–Crippen LogP) is 3.06. The Morgan fingerprint density at radius 2 is 1.83 bits per heavy atom. The van der Waals surface area contributed by atoms with Gasteiger partial charge in [-0.15, -0.1) is 0 Å². The molecule has 2 aromatic rings. The fourth-order valence-corrected chi connectivity index (χ4v) is 2.07. The zero-order valence-electron chi connectivity index (χ0n) is 11.1. The quantitative estimate of drug-likeness (QED) is 0.892. The van der Waals surface area contributed by atoms with E-state index in [1.54, 1.807) is 0 Å². The third-order valence-corrected chi connectivity index (χ3v) is 3.28. The first-order valence-electron chi connectivity index (χ1n) is 6.40. The highest BCUT2D eigenvalue weighted by atomic mass is 14.8. The van der Waals surface area contributed by atoms with E-state index in [0.717, 1.165) is 24.1 Å². The molecule has 1 heterocycles. The molecule has 1 unspecified atom stereocenters. The molecule has 2 rings (SSSR count). The number of benzene rings is 1. The Morgan fingerprint density at radius 3 is 2.39 bits per heavy atom. The molecule has 0 bridgehead atoms. The summed E-state index contributed by atoms with van der Waals surface area (Å²) in [6.45, 7) is 4.19. The highest BCUT2D eigenvalue weighted by Gasteiger charge is 2.21. The number of hydrogen-bond acceptors (Lipinski definition) is 2. The van der Waals surface area contributed by atoms with Gasteiger partial charge in [0.05, 0.1) is 0 Å². The van der Waals surface area contributed by atoms with Crippen LogP contribution in [0.3, 0.4) is 0 Å². The van der Waals surface area contributed by atoms with Crippen LogP contribution in [0.2, 0.25) is 0 Å². The van der Waals surface area contributed by atoms with E-state index < -0.39 is 0 Å². The van der Waals surface area contributed by atoms with E-state index in [-0.39, 0.29) is 5.54 Å². The molecule has 0 spiro atoms. The first-order valence-corrected chi connectivity index (χ1v) is 6.40. The number of aryl methyl sites for hydroxylation is 1. The normalized spacial score (nSPS) is 14.2. The van der Waals surface area contributed by atoms with Crippen LogP contribution >= 0.6 is 0 Å². The summed E-state index contributed by atoms with van der Waals surface area (Å²) in [4.78, 5) is 4.48. The Morgan fingerprint density at radius 1 is 1.11 bits per heavy atom. The van der Waals surface area contributed by atoms with Crippen LogP contribution in [-0.4, -0.2) is 4.98 Å². The third-order valence-electron chi connectivity index (χ3n) is 3.28. The van der Waals surface area contributed by atoms with E-state index in [4.69, 9.17) is 5.73 Å². The second-order valence-corrected chi connectivity index (χ2v) is 4.97. The van der Waals surface area contributed by atoms with E-state index in [1.807, 2.05) is 24.4 Å². The largest absolute Gasteiger partial charge is 0.321 e. The van der Waals surface area contributed by atoms with Crippen molar-refractivity contribution in [3.63, 3.8) is 0 Å². The van der Waals surface area contributed by atoms with Gasteiger partial charge in [-0.2, -0.15) is 0 Å². The summed E-state index contributed by atoms with van der Waals surface area (Å²) in [7, 11) is 0. The van der Waals surface area contributed by atoms with Crippen LogP contribution in [0, 0.1) is 0 Å². The van der Waals surface area contributed by atoms with E-state index in [0.29, 0.717) is 0 Å². The molecule has 18 heavy (non-hydrogen) atoms. The van der Waals surface area contributed by atoms with Gasteiger partial charge in [-0.05, 0) is 30.5 Å². The number of hydrogen-bond donors (Lipinski definition) is 1. The van der Waals surface area contributed by atoms with Gasteiger partial charge in [-0.3, -0.25) is 4.98 Å². The molecule has 0 saturated heterocycles. The molecular weight excluding hydrogens is 220 g/mol. The first kappa shape index (κ1) is 12.8. The van der Waals surface area contributed by atoms with Gasteiger partial charge in [0.2, 0.25) is 0 Å². The lowest BCUT2D eigenvalue weighted by atomic mass is 9.88. The number of nitrogens with zero attached hydrogens (tertiary/aromatic N) is 1. The predicted molar refractivity (Wildman–Crippen MR) is 75.3 cm³/mol. The Labute approximate surface area is 109 Å². The van der Waals surface area contributed by atoms with Crippen LogP contribution in [0.5, 0.6) is 0 Å². The Bertz CT molecular complexity index is 486. The van der Waals surface area contributed by atoms with Gasteiger partial charge in [0.1, 0.15) is 0 Å². The lowest BCUT2D eigenvalue weighted by Crippen LogP contribution is -2.35. The van der Waals surface area contributed by atoms with Crippen molar-refractivity contribution in [2.24, 2.45) is 5.73 Å². The maximum absolute atomic E-state index is 6.40. The van der Waals surface area contributed by atoms with Gasteiger partial charge in [0.25, 0.3) is 0 Å². The van der Waals surface area contributed by atoms with Crippen molar-refractivity contribution < 1.29 is 0 Å². The first-order chi connectivity index (χ1) is 8.62. The summed E-state index contributed by atoms with van der Waals surface area (Å²) in [5.41, 5.74) is 9.48. The Balaban J connectivity index is 2.16. The molecule has 2 nitrogen and oxygen atoms in total. The summed E-state index contributed by atoms with van der Waals surface area (Å²) in [6, 6.07) is 14.4. The molecule has 0 saturated carbocycles. The van der Waals surface area contributed by atoms with Crippen molar-refractivity contribution in [1.82, 2.24) is 4.98 Å². The van der Waals surface area contributed by atoms with Crippen molar-refractivity contribution in [1.29, 1.82) is 0 Å². The van der Waals surface area contributed by atoms with Crippen LogP contribution in [-0.2, 0) is 18.4 Å². The fraction of sp³-hybridized carbons (Fsp3) is 0.312. The molecule has 0 radical (unpaired) electrons. The van der Waals surface area contributed by atoms with Gasteiger partial charge in [0.15, 0.2) is 0 Å². The van der Waals surface area contributed by atoms with Crippen molar-refractivity contribution in [2.75, 3.05) is 0 Å². The monoisotopic (exact) mass is 240 g/mol. The van der Waals surface area contributed by atoms with E-state index >= 15 is 0 Å². The standard InChI is InChI=1S/C16H20N2/c1-3-13-9-10-15(18-12-13)11-16(2,17)14-7-5-4-6-8-14/h4-10,12H,3,11,17H2,1-2H3. The van der Waals surface area contributed by atoms with Crippen LogP contribution in [0.1, 0.15) is 30.7 Å². The van der Waals surface area contributed by atoms with Crippen LogP contribution in [0.4, 0.5) is 0 Å². The Hall–Kier alpha value is -1.67. The summed E-state index contributed by atoms with van der Waals surface area (Å²) in [5.74, 6) is 0. The molecule has 0 aliphatic heterocycles. The SMILES string of the molecule is CCc1ccc(CC(C)(N)c2ccccc2)nc1. The van der Waals surface area contributed by atoms with E-state index in [9.17, 15) is 0 Å². The average molecular weight is 240 g/mol. The van der Waals surface area contributed by atoms with E-state index in [2.05, 4.69) is 43.1 Å². The minimum absolute atomic E-state index is 0.373. The molecule has 2 N–H and O–H groups in total. The Kier molecular flexibility index (Phi) is 3.78. The molecular formula is C16H20N2. The minimum Gasteiger partial charge on any atom is -0.321 e. The maximum atomic E-state index is 6.40. The summed E-state index contributed by atoms with van der Waals surface area (Å²) in [5, 5.41) is 0. The van der Waals surface area contributed by atoms with Crippen LogP contribution < -0.4 is 5.73 Å². The van der Waals surface area contributed by atoms with Crippen molar-refractivity contribution >= 4 is 0 Å². The second kappa shape index (κ2) is 5.32. The molecule has 1 atom stereocenters. The van der Waals surface area contributed by atoms with E-state index in [1.165, 1.54) is 5.56 Å². The molecule has 2 heteroatoms. The molecule has 0 aliphatic carbocycles. The fourth-order valence-electron chi connectivity index (χ4n) is 2.07. The van der Waals surface area contributed by atoms with Gasteiger partial charge < -0.3 is 5.73 Å². The van der Waals surface area contributed by atoms with Gasteiger partial charge in [0, 0.05) is 23.9 Å². The molecule has 94 valence electrons.